The van der Waals surface area contributed by atoms with E-state index in [2.05, 4.69) is 23.9 Å². The van der Waals surface area contributed by atoms with Crippen molar-refractivity contribution >= 4 is 21.6 Å². The summed E-state index contributed by atoms with van der Waals surface area (Å²) in [5.41, 5.74) is 2.57. The van der Waals surface area contributed by atoms with Crippen LogP contribution in [0.3, 0.4) is 0 Å². The Hall–Kier alpha value is -3.32. The van der Waals surface area contributed by atoms with Gasteiger partial charge in [0.2, 0.25) is 0 Å². The molecule has 0 saturated heterocycles. The van der Waals surface area contributed by atoms with Crippen LogP contribution in [-0.2, 0) is 10.0 Å². The SMILES string of the molecule is COc1ccc([C@H](CC(C)C)NC(=O)c2ccc(NS(=O)(=O)c3ccccc3)c(C)c2)cc1. The summed E-state index contributed by atoms with van der Waals surface area (Å²) in [5.74, 6) is 0.934. The number of sulfonamides is 1. The van der Waals surface area contributed by atoms with Gasteiger partial charge >= 0.3 is 0 Å². The highest BCUT2D eigenvalue weighted by Crippen LogP contribution is 2.25. The molecule has 0 fully saturated rings. The summed E-state index contributed by atoms with van der Waals surface area (Å²) in [6, 6.07) is 20.6. The van der Waals surface area contributed by atoms with Crippen molar-refractivity contribution in [3.8, 4) is 5.75 Å². The van der Waals surface area contributed by atoms with E-state index in [1.165, 1.54) is 12.1 Å². The molecule has 2 N–H and O–H groups in total. The normalized spacial score (nSPS) is 12.3. The van der Waals surface area contributed by atoms with Gasteiger partial charge in [0.25, 0.3) is 15.9 Å². The molecule has 0 aromatic heterocycles. The Balaban J connectivity index is 1.77. The Morgan fingerprint density at radius 3 is 2.21 bits per heavy atom. The van der Waals surface area contributed by atoms with E-state index in [1.807, 2.05) is 24.3 Å². The molecule has 33 heavy (non-hydrogen) atoms. The van der Waals surface area contributed by atoms with Crippen molar-refractivity contribution in [3.05, 3.63) is 89.5 Å². The molecule has 174 valence electrons. The van der Waals surface area contributed by atoms with Crippen LogP contribution in [0.5, 0.6) is 5.75 Å². The van der Waals surface area contributed by atoms with E-state index in [1.54, 1.807) is 50.4 Å². The number of ether oxygens (including phenoxy) is 1. The third-order valence-corrected chi connectivity index (χ3v) is 6.70. The lowest BCUT2D eigenvalue weighted by Crippen LogP contribution is -2.29. The molecule has 1 atom stereocenters. The highest BCUT2D eigenvalue weighted by molar-refractivity contribution is 7.92. The number of carbonyl (C=O) groups is 1. The van der Waals surface area contributed by atoms with Crippen molar-refractivity contribution in [2.24, 2.45) is 5.92 Å². The Labute approximate surface area is 196 Å². The number of carbonyl (C=O) groups excluding carboxylic acids is 1. The van der Waals surface area contributed by atoms with Crippen LogP contribution in [0.25, 0.3) is 0 Å². The van der Waals surface area contributed by atoms with Crippen LogP contribution in [0.15, 0.2) is 77.7 Å². The number of amides is 1. The van der Waals surface area contributed by atoms with Crippen LogP contribution in [0.1, 0.15) is 47.8 Å². The number of benzene rings is 3. The van der Waals surface area contributed by atoms with E-state index in [0.717, 1.165) is 17.7 Å². The van der Waals surface area contributed by atoms with Crippen LogP contribution in [0.4, 0.5) is 5.69 Å². The molecule has 0 unspecified atom stereocenters. The number of methoxy groups -OCH3 is 1. The molecule has 0 radical (unpaired) electrons. The first kappa shape index (κ1) is 24.3. The molecular formula is C26H30N2O4S. The Morgan fingerprint density at radius 1 is 0.970 bits per heavy atom. The van der Waals surface area contributed by atoms with Gasteiger partial charge in [0.05, 0.1) is 23.7 Å². The minimum atomic E-state index is -3.70. The minimum absolute atomic E-state index is 0.153. The van der Waals surface area contributed by atoms with Gasteiger partial charge in [0, 0.05) is 5.56 Å². The van der Waals surface area contributed by atoms with Gasteiger partial charge in [0.1, 0.15) is 5.75 Å². The number of hydrogen-bond acceptors (Lipinski definition) is 4. The molecule has 3 aromatic rings. The van der Waals surface area contributed by atoms with E-state index < -0.39 is 10.0 Å². The van der Waals surface area contributed by atoms with Gasteiger partial charge in [-0.2, -0.15) is 0 Å². The van der Waals surface area contributed by atoms with Gasteiger partial charge in [-0.05, 0) is 72.9 Å². The molecule has 6 nitrogen and oxygen atoms in total. The van der Waals surface area contributed by atoms with Crippen LogP contribution >= 0.6 is 0 Å². The number of hydrogen-bond donors (Lipinski definition) is 2. The third kappa shape index (κ3) is 6.35. The van der Waals surface area contributed by atoms with Gasteiger partial charge in [0.15, 0.2) is 0 Å². The standard InChI is InChI=1S/C26H30N2O4S/c1-18(2)16-25(20-10-13-22(32-4)14-11-20)27-26(29)21-12-15-24(19(3)17-21)28-33(30,31)23-8-6-5-7-9-23/h5-15,17-18,25,28H,16H2,1-4H3,(H,27,29)/t25-/m0/s1. The smallest absolute Gasteiger partial charge is 0.261 e. The lowest BCUT2D eigenvalue weighted by Gasteiger charge is -2.22. The second-order valence-electron chi connectivity index (χ2n) is 8.38. The van der Waals surface area contributed by atoms with E-state index in [9.17, 15) is 13.2 Å². The predicted molar refractivity (Wildman–Crippen MR) is 131 cm³/mol. The monoisotopic (exact) mass is 466 g/mol. The molecule has 3 rings (SSSR count). The number of anilines is 1. The lowest BCUT2D eigenvalue weighted by molar-refractivity contribution is 0.0932. The summed E-state index contributed by atoms with van der Waals surface area (Å²) in [6.45, 7) is 6.00. The Bertz CT molecular complexity index is 1190. The number of nitrogens with one attached hydrogen (secondary N) is 2. The molecule has 0 heterocycles. The number of rotatable bonds is 9. The first-order chi connectivity index (χ1) is 15.7. The summed E-state index contributed by atoms with van der Waals surface area (Å²) in [5, 5.41) is 3.12. The van der Waals surface area contributed by atoms with Crippen LogP contribution < -0.4 is 14.8 Å². The largest absolute Gasteiger partial charge is 0.497 e. The maximum Gasteiger partial charge on any atom is 0.261 e. The van der Waals surface area contributed by atoms with E-state index in [4.69, 9.17) is 4.74 Å². The zero-order chi connectivity index (χ0) is 24.0. The van der Waals surface area contributed by atoms with Crippen molar-refractivity contribution in [1.29, 1.82) is 0 Å². The molecule has 0 spiro atoms. The van der Waals surface area contributed by atoms with Crippen LogP contribution in [0, 0.1) is 12.8 Å². The molecule has 0 aliphatic rings. The highest BCUT2D eigenvalue weighted by atomic mass is 32.2. The second kappa shape index (κ2) is 10.5. The fraction of sp³-hybridized carbons (Fsp3) is 0.269. The zero-order valence-electron chi connectivity index (χ0n) is 19.3. The van der Waals surface area contributed by atoms with Crippen molar-refractivity contribution < 1.29 is 17.9 Å². The molecule has 0 saturated carbocycles. The van der Waals surface area contributed by atoms with E-state index >= 15 is 0 Å². The number of aryl methyl sites for hydroxylation is 1. The van der Waals surface area contributed by atoms with Gasteiger partial charge in [-0.1, -0.05) is 44.2 Å². The molecule has 0 aliphatic heterocycles. The summed E-state index contributed by atoms with van der Waals surface area (Å²) < 4.78 is 33.1. The van der Waals surface area contributed by atoms with E-state index in [-0.39, 0.29) is 16.8 Å². The second-order valence-corrected chi connectivity index (χ2v) is 10.1. The average Bonchev–Trinajstić information content (AvgIpc) is 2.80. The summed E-state index contributed by atoms with van der Waals surface area (Å²) in [7, 11) is -2.08. The molecular weight excluding hydrogens is 436 g/mol. The summed E-state index contributed by atoms with van der Waals surface area (Å²) >= 11 is 0. The molecule has 7 heteroatoms. The van der Waals surface area contributed by atoms with Gasteiger partial charge < -0.3 is 10.1 Å². The summed E-state index contributed by atoms with van der Waals surface area (Å²) in [4.78, 5) is 13.2. The van der Waals surface area contributed by atoms with Crippen molar-refractivity contribution in [1.82, 2.24) is 5.32 Å². The van der Waals surface area contributed by atoms with Crippen molar-refractivity contribution in [2.75, 3.05) is 11.8 Å². The molecule has 0 aliphatic carbocycles. The maximum atomic E-state index is 13.0. The lowest BCUT2D eigenvalue weighted by atomic mass is 9.96. The quantitative estimate of drug-likeness (QED) is 0.447. The molecule has 1 amide bonds. The zero-order valence-corrected chi connectivity index (χ0v) is 20.1. The molecule has 3 aromatic carbocycles. The fourth-order valence-electron chi connectivity index (χ4n) is 3.55. The Kier molecular flexibility index (Phi) is 7.76. The van der Waals surface area contributed by atoms with Crippen molar-refractivity contribution in [2.45, 2.75) is 38.1 Å². The third-order valence-electron chi connectivity index (χ3n) is 5.32. The van der Waals surface area contributed by atoms with Crippen LogP contribution in [0.2, 0.25) is 0 Å². The van der Waals surface area contributed by atoms with E-state index in [0.29, 0.717) is 22.7 Å². The average molecular weight is 467 g/mol. The van der Waals surface area contributed by atoms with Crippen LogP contribution in [-0.4, -0.2) is 21.4 Å². The first-order valence-corrected chi connectivity index (χ1v) is 12.3. The van der Waals surface area contributed by atoms with Gasteiger partial charge in [-0.25, -0.2) is 8.42 Å². The maximum absolute atomic E-state index is 13.0. The fourth-order valence-corrected chi connectivity index (χ4v) is 4.70. The van der Waals surface area contributed by atoms with Gasteiger partial charge in [-0.15, -0.1) is 0 Å². The molecule has 0 bridgehead atoms. The highest BCUT2D eigenvalue weighted by Gasteiger charge is 2.19. The summed E-state index contributed by atoms with van der Waals surface area (Å²) in [6.07, 6.45) is 0.784. The van der Waals surface area contributed by atoms with Gasteiger partial charge in [-0.3, -0.25) is 9.52 Å². The van der Waals surface area contributed by atoms with Crippen molar-refractivity contribution in [3.63, 3.8) is 0 Å². The Morgan fingerprint density at radius 2 is 1.64 bits per heavy atom. The predicted octanol–water partition coefficient (Wildman–Crippen LogP) is 5.32. The first-order valence-electron chi connectivity index (χ1n) is 10.8. The minimum Gasteiger partial charge on any atom is -0.497 e. The topological polar surface area (TPSA) is 84.5 Å².